The van der Waals surface area contributed by atoms with Gasteiger partial charge in [0.15, 0.2) is 5.06 Å². The van der Waals surface area contributed by atoms with Gasteiger partial charge in [-0.25, -0.2) is 0 Å². The summed E-state index contributed by atoms with van der Waals surface area (Å²) in [4.78, 5) is 11.0. The van der Waals surface area contributed by atoms with E-state index in [1.807, 2.05) is 30.3 Å². The Balaban J connectivity index is 2.45. The van der Waals surface area contributed by atoms with Gasteiger partial charge in [0.1, 0.15) is 6.29 Å². The lowest BCUT2D eigenvalue weighted by atomic mass is 9.91. The molecule has 3 heteroatoms. The zero-order chi connectivity index (χ0) is 11.6. The maximum absolute atomic E-state index is 11.0. The Morgan fingerprint density at radius 2 is 2.00 bits per heavy atom. The molecule has 1 unspecified atom stereocenters. The first kappa shape index (κ1) is 11.1. The minimum absolute atomic E-state index is 0.138. The van der Waals surface area contributed by atoms with Crippen molar-refractivity contribution in [2.24, 2.45) is 0 Å². The molecule has 0 aromatic heterocycles. The molecular formula is C13H11ClO2. The van der Waals surface area contributed by atoms with Gasteiger partial charge in [0.2, 0.25) is 0 Å². The standard InChI is InChI=1S/C13H11ClO2/c14-13(16)7-6-12(11(8-13)9-15)10-4-2-1-3-5-10/h1-7,9,16H,8H2. The molecule has 2 rings (SSSR count). The van der Waals surface area contributed by atoms with Crippen LogP contribution in [0, 0.1) is 0 Å². The van der Waals surface area contributed by atoms with Crippen LogP contribution in [0.5, 0.6) is 0 Å². The number of aliphatic hydroxyl groups is 1. The molecule has 0 fully saturated rings. The predicted molar refractivity (Wildman–Crippen MR) is 64.0 cm³/mol. The van der Waals surface area contributed by atoms with Gasteiger partial charge in [-0.2, -0.15) is 0 Å². The van der Waals surface area contributed by atoms with Gasteiger partial charge < -0.3 is 5.11 Å². The molecule has 0 heterocycles. The number of hydrogen-bond acceptors (Lipinski definition) is 2. The van der Waals surface area contributed by atoms with E-state index in [1.54, 1.807) is 6.08 Å². The fourth-order valence-corrected chi connectivity index (χ4v) is 1.95. The van der Waals surface area contributed by atoms with E-state index >= 15 is 0 Å². The molecule has 2 nitrogen and oxygen atoms in total. The van der Waals surface area contributed by atoms with E-state index in [9.17, 15) is 9.90 Å². The number of alkyl halides is 1. The Bertz CT molecular complexity index is 458. The SMILES string of the molecule is O=CC1=C(c2ccccc2)C=CC(O)(Cl)C1. The average Bonchev–Trinajstić information content (AvgIpc) is 2.29. The van der Waals surface area contributed by atoms with Crippen LogP contribution in [-0.2, 0) is 4.79 Å². The Labute approximate surface area is 98.9 Å². The second-order valence-electron chi connectivity index (χ2n) is 3.75. The van der Waals surface area contributed by atoms with Gasteiger partial charge in [-0.3, -0.25) is 4.79 Å². The molecule has 1 aromatic rings. The third-order valence-corrected chi connectivity index (χ3v) is 2.78. The largest absolute Gasteiger partial charge is 0.371 e. The fraction of sp³-hybridized carbons (Fsp3) is 0.154. The van der Waals surface area contributed by atoms with Crippen LogP contribution in [0.1, 0.15) is 12.0 Å². The van der Waals surface area contributed by atoms with Gasteiger partial charge >= 0.3 is 0 Å². The summed E-state index contributed by atoms with van der Waals surface area (Å²) in [6.07, 6.45) is 4.08. The highest BCUT2D eigenvalue weighted by Gasteiger charge is 2.26. The van der Waals surface area contributed by atoms with Crippen LogP contribution >= 0.6 is 11.6 Å². The summed E-state index contributed by atoms with van der Waals surface area (Å²) in [6.45, 7) is 0. The molecule has 1 aliphatic rings. The number of hydrogen-bond donors (Lipinski definition) is 1. The quantitative estimate of drug-likeness (QED) is 0.631. The van der Waals surface area contributed by atoms with Crippen molar-refractivity contribution in [3.05, 3.63) is 53.6 Å². The third-order valence-electron chi connectivity index (χ3n) is 2.52. The number of carbonyl (C=O) groups excluding carboxylic acids is 1. The van der Waals surface area contributed by atoms with Crippen molar-refractivity contribution in [2.45, 2.75) is 11.5 Å². The fourth-order valence-electron chi connectivity index (χ4n) is 1.74. The molecule has 82 valence electrons. The van der Waals surface area contributed by atoms with Gasteiger partial charge in [0.05, 0.1) is 0 Å². The van der Waals surface area contributed by atoms with E-state index in [0.29, 0.717) is 5.57 Å². The lowest BCUT2D eigenvalue weighted by molar-refractivity contribution is -0.105. The molecule has 1 N–H and O–H groups in total. The number of halogens is 1. The van der Waals surface area contributed by atoms with Gasteiger partial charge in [0, 0.05) is 12.0 Å². The highest BCUT2D eigenvalue weighted by molar-refractivity contribution is 6.25. The highest BCUT2D eigenvalue weighted by Crippen LogP contribution is 2.33. The second kappa shape index (κ2) is 4.24. The lowest BCUT2D eigenvalue weighted by Crippen LogP contribution is -2.21. The molecule has 1 atom stereocenters. The van der Waals surface area contributed by atoms with Crippen molar-refractivity contribution < 1.29 is 9.90 Å². The van der Waals surface area contributed by atoms with E-state index in [4.69, 9.17) is 11.6 Å². The molecule has 0 radical (unpaired) electrons. The van der Waals surface area contributed by atoms with Crippen molar-refractivity contribution in [3.8, 4) is 0 Å². The van der Waals surface area contributed by atoms with Crippen LogP contribution in [0.25, 0.3) is 5.57 Å². The number of benzene rings is 1. The maximum Gasteiger partial charge on any atom is 0.161 e. The molecule has 1 aliphatic carbocycles. The summed E-state index contributed by atoms with van der Waals surface area (Å²) in [7, 11) is 0. The van der Waals surface area contributed by atoms with E-state index in [2.05, 4.69) is 0 Å². The molecule has 0 spiro atoms. The second-order valence-corrected chi connectivity index (χ2v) is 4.41. The van der Waals surface area contributed by atoms with Gasteiger partial charge in [0.25, 0.3) is 0 Å². The van der Waals surface area contributed by atoms with E-state index in [-0.39, 0.29) is 6.42 Å². The summed E-state index contributed by atoms with van der Waals surface area (Å²) in [5.74, 6) is 0. The predicted octanol–water partition coefficient (Wildman–Crippen LogP) is 2.53. The molecule has 0 saturated carbocycles. The number of aldehydes is 1. The van der Waals surface area contributed by atoms with Crippen molar-refractivity contribution in [2.75, 3.05) is 0 Å². The summed E-state index contributed by atoms with van der Waals surface area (Å²) >= 11 is 5.77. The van der Waals surface area contributed by atoms with E-state index in [0.717, 1.165) is 17.4 Å². The Kier molecular flexibility index (Phi) is 2.95. The van der Waals surface area contributed by atoms with E-state index in [1.165, 1.54) is 6.08 Å². The lowest BCUT2D eigenvalue weighted by Gasteiger charge is -2.22. The normalized spacial score (nSPS) is 24.6. The number of allylic oxidation sites excluding steroid dienone is 2. The monoisotopic (exact) mass is 234 g/mol. The van der Waals surface area contributed by atoms with Crippen LogP contribution in [0.4, 0.5) is 0 Å². The first-order valence-electron chi connectivity index (χ1n) is 4.97. The topological polar surface area (TPSA) is 37.3 Å². The van der Waals surface area contributed by atoms with Crippen LogP contribution in [0.3, 0.4) is 0 Å². The minimum atomic E-state index is -1.44. The zero-order valence-corrected chi connectivity index (χ0v) is 9.32. The summed E-state index contributed by atoms with van der Waals surface area (Å²) in [5, 5.41) is 8.19. The number of rotatable bonds is 2. The Hall–Kier alpha value is -1.38. The smallest absolute Gasteiger partial charge is 0.161 e. The maximum atomic E-state index is 11.0. The van der Waals surface area contributed by atoms with E-state index < -0.39 is 5.06 Å². The molecule has 16 heavy (non-hydrogen) atoms. The van der Waals surface area contributed by atoms with Gasteiger partial charge in [-0.05, 0) is 17.2 Å². The summed E-state index contributed by atoms with van der Waals surface area (Å²) in [6, 6.07) is 9.55. The zero-order valence-electron chi connectivity index (χ0n) is 8.56. The average molecular weight is 235 g/mol. The van der Waals surface area contributed by atoms with Crippen LogP contribution in [0.2, 0.25) is 0 Å². The van der Waals surface area contributed by atoms with Crippen molar-refractivity contribution in [1.29, 1.82) is 0 Å². The summed E-state index contributed by atoms with van der Waals surface area (Å²) in [5.41, 5.74) is 2.29. The van der Waals surface area contributed by atoms with Crippen LogP contribution in [-0.4, -0.2) is 16.5 Å². The van der Waals surface area contributed by atoms with Crippen molar-refractivity contribution in [1.82, 2.24) is 0 Å². The summed E-state index contributed by atoms with van der Waals surface area (Å²) < 4.78 is 0. The Morgan fingerprint density at radius 1 is 1.31 bits per heavy atom. The highest BCUT2D eigenvalue weighted by atomic mass is 35.5. The molecule has 0 bridgehead atoms. The molecule has 1 aromatic carbocycles. The molecule has 0 saturated heterocycles. The first-order valence-corrected chi connectivity index (χ1v) is 5.34. The van der Waals surface area contributed by atoms with Gasteiger partial charge in [-0.15, -0.1) is 0 Å². The van der Waals surface area contributed by atoms with Crippen LogP contribution in [0.15, 0.2) is 48.1 Å². The van der Waals surface area contributed by atoms with Gasteiger partial charge in [-0.1, -0.05) is 48.0 Å². The van der Waals surface area contributed by atoms with Crippen molar-refractivity contribution in [3.63, 3.8) is 0 Å². The minimum Gasteiger partial charge on any atom is -0.371 e. The Morgan fingerprint density at radius 3 is 2.62 bits per heavy atom. The number of carbonyl (C=O) groups is 1. The third kappa shape index (κ3) is 2.23. The molecular weight excluding hydrogens is 224 g/mol. The molecule has 0 aliphatic heterocycles. The van der Waals surface area contributed by atoms with Crippen LogP contribution < -0.4 is 0 Å². The first-order chi connectivity index (χ1) is 7.62. The van der Waals surface area contributed by atoms with Crippen molar-refractivity contribution >= 4 is 23.5 Å². The molecule has 0 amide bonds.